The van der Waals surface area contributed by atoms with Gasteiger partial charge < -0.3 is 15.2 Å². The molecule has 1 aromatic rings. The average Bonchev–Trinajstić information content (AvgIpc) is 2.92. The Balaban J connectivity index is 2.05. The number of halogens is 1. The number of carboxylic acid groups (broad SMARTS) is 1. The fraction of sp³-hybridized carbons (Fsp3) is 0.429. The summed E-state index contributed by atoms with van der Waals surface area (Å²) in [5.41, 5.74) is 0.435. The van der Waals surface area contributed by atoms with Gasteiger partial charge in [-0.1, -0.05) is 0 Å². The maximum Gasteiger partial charge on any atom is 0.304 e. The second-order valence-corrected chi connectivity index (χ2v) is 4.75. The monoisotopic (exact) mass is 281 g/mol. The Bertz CT molecular complexity index is 482. The molecule has 0 saturated carbocycles. The van der Waals surface area contributed by atoms with Gasteiger partial charge in [0, 0.05) is 12.3 Å². The Hall–Kier alpha value is -1.95. The van der Waals surface area contributed by atoms with Crippen LogP contribution in [0.25, 0.3) is 0 Å². The van der Waals surface area contributed by atoms with Gasteiger partial charge in [0.1, 0.15) is 5.82 Å². The number of nitrogens with one attached hydrogen (secondary N) is 1. The van der Waals surface area contributed by atoms with Crippen LogP contribution in [0.1, 0.15) is 19.3 Å². The van der Waals surface area contributed by atoms with Crippen molar-refractivity contribution < 1.29 is 23.8 Å². The number of benzene rings is 1. The van der Waals surface area contributed by atoms with E-state index in [1.165, 1.54) is 24.3 Å². The van der Waals surface area contributed by atoms with Gasteiger partial charge in [0.15, 0.2) is 0 Å². The van der Waals surface area contributed by atoms with Crippen LogP contribution in [0.3, 0.4) is 0 Å². The molecule has 0 aromatic heterocycles. The first-order valence-electron chi connectivity index (χ1n) is 6.46. The molecule has 1 amide bonds. The molecule has 0 unspecified atom stereocenters. The SMILES string of the molecule is O=C(O)C[C@H](C(=O)Nc1ccc(F)cc1)[C@@H]1CCCO1. The molecule has 20 heavy (non-hydrogen) atoms. The zero-order valence-electron chi connectivity index (χ0n) is 10.8. The predicted molar refractivity (Wildman–Crippen MR) is 69.7 cm³/mol. The standard InChI is InChI=1S/C14H16FNO4/c15-9-3-5-10(6-4-9)16-14(19)11(8-13(17)18)12-2-1-7-20-12/h3-6,11-12H,1-2,7-8H2,(H,16,19)(H,17,18)/t11-,12-/m0/s1. The lowest BCUT2D eigenvalue weighted by Crippen LogP contribution is -2.34. The van der Waals surface area contributed by atoms with Crippen molar-refractivity contribution in [2.24, 2.45) is 5.92 Å². The smallest absolute Gasteiger partial charge is 0.304 e. The third-order valence-corrected chi connectivity index (χ3v) is 3.26. The number of anilines is 1. The number of amides is 1. The van der Waals surface area contributed by atoms with Gasteiger partial charge in [0.2, 0.25) is 5.91 Å². The number of hydrogen-bond donors (Lipinski definition) is 2. The zero-order chi connectivity index (χ0) is 14.5. The van der Waals surface area contributed by atoms with E-state index >= 15 is 0 Å². The molecule has 0 radical (unpaired) electrons. The third kappa shape index (κ3) is 3.77. The lowest BCUT2D eigenvalue weighted by molar-refractivity contribution is -0.142. The Morgan fingerprint density at radius 2 is 2.10 bits per heavy atom. The molecular formula is C14H16FNO4. The Labute approximate surface area is 115 Å². The lowest BCUT2D eigenvalue weighted by atomic mass is 9.95. The number of hydrogen-bond acceptors (Lipinski definition) is 3. The quantitative estimate of drug-likeness (QED) is 0.866. The van der Waals surface area contributed by atoms with Crippen molar-refractivity contribution in [1.29, 1.82) is 0 Å². The number of carbonyl (C=O) groups excluding carboxylic acids is 1. The van der Waals surface area contributed by atoms with Crippen LogP contribution in [0.4, 0.5) is 10.1 Å². The summed E-state index contributed by atoms with van der Waals surface area (Å²) in [4.78, 5) is 23.1. The minimum absolute atomic E-state index is 0.280. The van der Waals surface area contributed by atoms with Gasteiger partial charge in [0.05, 0.1) is 18.4 Å². The first kappa shape index (κ1) is 14.5. The van der Waals surface area contributed by atoms with Gasteiger partial charge in [-0.2, -0.15) is 0 Å². The molecule has 2 N–H and O–H groups in total. The first-order valence-corrected chi connectivity index (χ1v) is 6.46. The molecule has 1 aliphatic heterocycles. The fourth-order valence-electron chi connectivity index (χ4n) is 2.27. The van der Waals surface area contributed by atoms with Crippen molar-refractivity contribution in [2.75, 3.05) is 11.9 Å². The second-order valence-electron chi connectivity index (χ2n) is 4.75. The van der Waals surface area contributed by atoms with Gasteiger partial charge in [-0.05, 0) is 37.1 Å². The van der Waals surface area contributed by atoms with Crippen LogP contribution in [-0.4, -0.2) is 29.7 Å². The molecule has 5 nitrogen and oxygen atoms in total. The van der Waals surface area contributed by atoms with E-state index in [1.54, 1.807) is 0 Å². The molecule has 2 atom stereocenters. The molecule has 6 heteroatoms. The van der Waals surface area contributed by atoms with Gasteiger partial charge in [-0.3, -0.25) is 9.59 Å². The summed E-state index contributed by atoms with van der Waals surface area (Å²) in [7, 11) is 0. The van der Waals surface area contributed by atoms with Crippen LogP contribution in [-0.2, 0) is 14.3 Å². The van der Waals surface area contributed by atoms with E-state index in [4.69, 9.17) is 9.84 Å². The molecule has 1 fully saturated rings. The number of rotatable bonds is 5. The molecule has 0 bridgehead atoms. The predicted octanol–water partition coefficient (Wildman–Crippen LogP) is 2.03. The minimum atomic E-state index is -1.04. The summed E-state index contributed by atoms with van der Waals surface area (Å²) in [6.45, 7) is 0.546. The highest BCUT2D eigenvalue weighted by Crippen LogP contribution is 2.24. The topological polar surface area (TPSA) is 75.6 Å². The fourth-order valence-corrected chi connectivity index (χ4v) is 2.27. The maximum absolute atomic E-state index is 12.8. The highest BCUT2D eigenvalue weighted by Gasteiger charge is 2.33. The molecule has 108 valence electrons. The normalized spacial score (nSPS) is 19.6. The van der Waals surface area contributed by atoms with E-state index in [9.17, 15) is 14.0 Å². The number of aliphatic carboxylic acids is 1. The van der Waals surface area contributed by atoms with Crippen molar-refractivity contribution in [1.82, 2.24) is 0 Å². The molecule has 1 saturated heterocycles. The van der Waals surface area contributed by atoms with Crippen LogP contribution in [0.2, 0.25) is 0 Å². The van der Waals surface area contributed by atoms with Crippen molar-refractivity contribution in [2.45, 2.75) is 25.4 Å². The largest absolute Gasteiger partial charge is 0.481 e. The minimum Gasteiger partial charge on any atom is -0.481 e. The highest BCUT2D eigenvalue weighted by atomic mass is 19.1. The molecule has 1 aliphatic rings. The molecule has 2 rings (SSSR count). The van der Waals surface area contributed by atoms with E-state index in [0.29, 0.717) is 18.7 Å². The Morgan fingerprint density at radius 1 is 1.40 bits per heavy atom. The highest BCUT2D eigenvalue weighted by molar-refractivity contribution is 5.94. The van der Waals surface area contributed by atoms with E-state index in [-0.39, 0.29) is 12.5 Å². The van der Waals surface area contributed by atoms with Crippen molar-refractivity contribution >= 4 is 17.6 Å². The van der Waals surface area contributed by atoms with Crippen molar-refractivity contribution in [3.8, 4) is 0 Å². The second kappa shape index (κ2) is 6.47. The Morgan fingerprint density at radius 3 is 2.65 bits per heavy atom. The van der Waals surface area contributed by atoms with Gasteiger partial charge >= 0.3 is 5.97 Å². The zero-order valence-corrected chi connectivity index (χ0v) is 10.8. The summed E-state index contributed by atoms with van der Waals surface area (Å²) in [6, 6.07) is 5.32. The summed E-state index contributed by atoms with van der Waals surface area (Å²) < 4.78 is 18.2. The lowest BCUT2D eigenvalue weighted by Gasteiger charge is -2.20. The van der Waals surface area contributed by atoms with Crippen LogP contribution in [0.15, 0.2) is 24.3 Å². The number of carbonyl (C=O) groups is 2. The first-order chi connectivity index (χ1) is 9.56. The third-order valence-electron chi connectivity index (χ3n) is 3.26. The molecule has 1 aromatic carbocycles. The van der Waals surface area contributed by atoms with Gasteiger partial charge in [-0.25, -0.2) is 4.39 Å². The average molecular weight is 281 g/mol. The van der Waals surface area contributed by atoms with E-state index in [1.807, 2.05) is 0 Å². The van der Waals surface area contributed by atoms with Crippen LogP contribution in [0, 0.1) is 11.7 Å². The molecule has 0 aliphatic carbocycles. The summed E-state index contributed by atoms with van der Waals surface area (Å²) in [5.74, 6) is -2.59. The van der Waals surface area contributed by atoms with Crippen molar-refractivity contribution in [3.63, 3.8) is 0 Å². The van der Waals surface area contributed by atoms with E-state index < -0.39 is 23.6 Å². The molecular weight excluding hydrogens is 265 g/mol. The van der Waals surface area contributed by atoms with Crippen LogP contribution in [0.5, 0.6) is 0 Å². The Kier molecular flexibility index (Phi) is 4.68. The molecule has 0 spiro atoms. The number of carboxylic acids is 1. The summed E-state index contributed by atoms with van der Waals surface area (Å²) >= 11 is 0. The van der Waals surface area contributed by atoms with Crippen LogP contribution >= 0.6 is 0 Å². The molecule has 1 heterocycles. The van der Waals surface area contributed by atoms with Crippen molar-refractivity contribution in [3.05, 3.63) is 30.1 Å². The van der Waals surface area contributed by atoms with E-state index in [2.05, 4.69) is 5.32 Å². The number of ether oxygens (including phenoxy) is 1. The van der Waals surface area contributed by atoms with Crippen LogP contribution < -0.4 is 5.32 Å². The van der Waals surface area contributed by atoms with Gasteiger partial charge in [0.25, 0.3) is 0 Å². The summed E-state index contributed by atoms with van der Waals surface area (Å²) in [6.07, 6.45) is 0.850. The summed E-state index contributed by atoms with van der Waals surface area (Å²) in [5, 5.41) is 11.5. The van der Waals surface area contributed by atoms with E-state index in [0.717, 1.165) is 6.42 Å². The maximum atomic E-state index is 12.8. The van der Waals surface area contributed by atoms with Gasteiger partial charge in [-0.15, -0.1) is 0 Å².